The Hall–Kier alpha value is -3.20. The first-order valence-corrected chi connectivity index (χ1v) is 7.71. The van der Waals surface area contributed by atoms with Crippen LogP contribution >= 0.6 is 0 Å². The molecule has 0 bridgehead atoms. The topological polar surface area (TPSA) is 43.4 Å². The number of ketones is 2. The summed E-state index contributed by atoms with van der Waals surface area (Å²) >= 11 is 0. The maximum atomic E-state index is 12.9. The fourth-order valence-corrected chi connectivity index (χ4v) is 3.00. The van der Waals surface area contributed by atoms with Crippen LogP contribution < -0.4 is 4.74 Å². The smallest absolute Gasteiger partial charge is 0.198 e. The molecule has 0 amide bonds. The minimum absolute atomic E-state index is 0.144. The number of rotatable bonds is 2. The first-order chi connectivity index (χ1) is 11.6. The van der Waals surface area contributed by atoms with Crippen LogP contribution in [0, 0.1) is 6.92 Å². The van der Waals surface area contributed by atoms with Gasteiger partial charge in [0, 0.05) is 16.7 Å². The fourth-order valence-electron chi connectivity index (χ4n) is 3.00. The molecule has 4 rings (SSSR count). The molecule has 0 N–H and O–H groups in total. The van der Waals surface area contributed by atoms with E-state index in [1.54, 1.807) is 42.5 Å². The Morgan fingerprint density at radius 1 is 0.708 bits per heavy atom. The predicted octanol–water partition coefficient (Wildman–Crippen LogP) is 4.56. The van der Waals surface area contributed by atoms with Crippen molar-refractivity contribution in [3.63, 3.8) is 0 Å². The third-order valence-corrected chi connectivity index (χ3v) is 4.13. The lowest BCUT2D eigenvalue weighted by Gasteiger charge is -2.20. The third kappa shape index (κ3) is 2.22. The maximum Gasteiger partial charge on any atom is 0.198 e. The molecular formula is C21H14O3. The van der Waals surface area contributed by atoms with E-state index >= 15 is 0 Å². The van der Waals surface area contributed by atoms with Crippen LogP contribution in [-0.2, 0) is 0 Å². The van der Waals surface area contributed by atoms with Crippen molar-refractivity contribution >= 4 is 11.6 Å². The number of carbonyl (C=O) groups is 2. The van der Waals surface area contributed by atoms with Gasteiger partial charge in [-0.25, -0.2) is 0 Å². The zero-order valence-corrected chi connectivity index (χ0v) is 13.1. The summed E-state index contributed by atoms with van der Waals surface area (Å²) in [5.74, 6) is 0.729. The number of hydrogen-bond donors (Lipinski definition) is 0. The van der Waals surface area contributed by atoms with E-state index in [2.05, 4.69) is 0 Å². The van der Waals surface area contributed by atoms with Crippen molar-refractivity contribution in [3.05, 3.63) is 94.5 Å². The lowest BCUT2D eigenvalue weighted by molar-refractivity contribution is 0.0977. The van der Waals surface area contributed by atoms with Crippen LogP contribution in [0.25, 0.3) is 0 Å². The van der Waals surface area contributed by atoms with E-state index in [0.717, 1.165) is 5.56 Å². The van der Waals surface area contributed by atoms with Gasteiger partial charge in [0.15, 0.2) is 11.6 Å². The SMILES string of the molecule is Cc1cccc(Oc2cccc3c2C(=O)c2ccccc2C3=O)c1. The van der Waals surface area contributed by atoms with Crippen molar-refractivity contribution in [3.8, 4) is 11.5 Å². The van der Waals surface area contributed by atoms with Crippen molar-refractivity contribution in [2.75, 3.05) is 0 Å². The zero-order chi connectivity index (χ0) is 16.7. The van der Waals surface area contributed by atoms with Gasteiger partial charge in [-0.3, -0.25) is 9.59 Å². The molecule has 3 heteroatoms. The van der Waals surface area contributed by atoms with Gasteiger partial charge < -0.3 is 4.74 Å². The Morgan fingerprint density at radius 2 is 1.38 bits per heavy atom. The van der Waals surface area contributed by atoms with Crippen LogP contribution in [-0.4, -0.2) is 11.6 Å². The molecule has 3 aromatic rings. The van der Waals surface area contributed by atoms with Crippen molar-refractivity contribution in [2.24, 2.45) is 0 Å². The van der Waals surface area contributed by atoms with E-state index < -0.39 is 0 Å². The summed E-state index contributed by atoms with van der Waals surface area (Å²) in [6.07, 6.45) is 0. The highest BCUT2D eigenvalue weighted by molar-refractivity contribution is 6.29. The van der Waals surface area contributed by atoms with Gasteiger partial charge in [0.1, 0.15) is 11.5 Å². The van der Waals surface area contributed by atoms with E-state index in [1.807, 2.05) is 31.2 Å². The lowest BCUT2D eigenvalue weighted by Crippen LogP contribution is -2.21. The number of hydrogen-bond acceptors (Lipinski definition) is 3. The molecule has 0 spiro atoms. The minimum Gasteiger partial charge on any atom is -0.457 e. The highest BCUT2D eigenvalue weighted by Crippen LogP contribution is 2.35. The highest BCUT2D eigenvalue weighted by Gasteiger charge is 2.32. The standard InChI is InChI=1S/C21H14O3/c1-13-6-4-7-14(12-13)24-18-11-5-10-17-19(18)21(23)16-9-3-2-8-15(16)20(17)22/h2-12H,1H3. The summed E-state index contributed by atoms with van der Waals surface area (Å²) in [6, 6.07) is 19.6. The molecule has 0 aromatic heterocycles. The Kier molecular flexibility index (Phi) is 3.28. The largest absolute Gasteiger partial charge is 0.457 e. The Bertz CT molecular complexity index is 986. The molecule has 0 radical (unpaired) electrons. The number of carbonyl (C=O) groups excluding carboxylic acids is 2. The molecule has 24 heavy (non-hydrogen) atoms. The molecule has 3 aromatic carbocycles. The lowest BCUT2D eigenvalue weighted by atomic mass is 9.83. The molecule has 0 fully saturated rings. The van der Waals surface area contributed by atoms with Crippen LogP contribution in [0.2, 0.25) is 0 Å². The summed E-state index contributed by atoms with van der Waals surface area (Å²) < 4.78 is 5.92. The molecule has 1 aliphatic carbocycles. The van der Waals surface area contributed by atoms with Crippen LogP contribution in [0.4, 0.5) is 0 Å². The summed E-state index contributed by atoms with van der Waals surface area (Å²) in [6.45, 7) is 1.97. The van der Waals surface area contributed by atoms with E-state index in [-0.39, 0.29) is 11.6 Å². The summed E-state index contributed by atoms with van der Waals surface area (Å²) in [5.41, 5.74) is 2.66. The average molecular weight is 314 g/mol. The van der Waals surface area contributed by atoms with Gasteiger partial charge in [0.2, 0.25) is 0 Å². The Balaban J connectivity index is 1.85. The minimum atomic E-state index is -0.177. The van der Waals surface area contributed by atoms with Crippen molar-refractivity contribution in [2.45, 2.75) is 6.92 Å². The molecule has 0 aliphatic heterocycles. The second-order valence-corrected chi connectivity index (χ2v) is 5.80. The molecule has 0 atom stereocenters. The number of ether oxygens (including phenoxy) is 1. The van der Waals surface area contributed by atoms with Crippen LogP contribution in [0.5, 0.6) is 11.5 Å². The van der Waals surface area contributed by atoms with Gasteiger partial charge in [-0.1, -0.05) is 48.5 Å². The molecular weight excluding hydrogens is 300 g/mol. The zero-order valence-electron chi connectivity index (χ0n) is 13.1. The second kappa shape index (κ2) is 5.46. The molecule has 0 heterocycles. The molecule has 1 aliphatic rings. The molecule has 3 nitrogen and oxygen atoms in total. The van der Waals surface area contributed by atoms with Gasteiger partial charge in [0.05, 0.1) is 5.56 Å². The van der Waals surface area contributed by atoms with Crippen LogP contribution in [0.3, 0.4) is 0 Å². The van der Waals surface area contributed by atoms with E-state index in [4.69, 9.17) is 4.74 Å². The van der Waals surface area contributed by atoms with Crippen molar-refractivity contribution < 1.29 is 14.3 Å². The molecule has 0 unspecified atom stereocenters. The van der Waals surface area contributed by atoms with Crippen LogP contribution in [0.1, 0.15) is 37.4 Å². The summed E-state index contributed by atoms with van der Waals surface area (Å²) in [4.78, 5) is 25.6. The number of fused-ring (bicyclic) bond motifs is 2. The van der Waals surface area contributed by atoms with E-state index in [0.29, 0.717) is 33.8 Å². The normalized spacial score (nSPS) is 12.5. The molecule has 116 valence electrons. The average Bonchev–Trinajstić information content (AvgIpc) is 2.60. The fraction of sp³-hybridized carbons (Fsp3) is 0.0476. The number of aryl methyl sites for hydroxylation is 1. The van der Waals surface area contributed by atoms with Crippen molar-refractivity contribution in [1.82, 2.24) is 0 Å². The monoisotopic (exact) mass is 314 g/mol. The highest BCUT2D eigenvalue weighted by atomic mass is 16.5. The first-order valence-electron chi connectivity index (χ1n) is 7.71. The molecule has 0 saturated heterocycles. The Labute approximate surface area is 139 Å². The third-order valence-electron chi connectivity index (χ3n) is 4.13. The van der Waals surface area contributed by atoms with Gasteiger partial charge in [-0.2, -0.15) is 0 Å². The van der Waals surface area contributed by atoms with Gasteiger partial charge >= 0.3 is 0 Å². The van der Waals surface area contributed by atoms with Gasteiger partial charge in [-0.05, 0) is 30.7 Å². The number of benzene rings is 3. The quantitative estimate of drug-likeness (QED) is 0.544. The van der Waals surface area contributed by atoms with E-state index in [9.17, 15) is 9.59 Å². The second-order valence-electron chi connectivity index (χ2n) is 5.80. The predicted molar refractivity (Wildman–Crippen MR) is 91.0 cm³/mol. The van der Waals surface area contributed by atoms with E-state index in [1.165, 1.54) is 0 Å². The van der Waals surface area contributed by atoms with Crippen LogP contribution in [0.15, 0.2) is 66.7 Å². The maximum absolute atomic E-state index is 12.9. The summed E-state index contributed by atoms with van der Waals surface area (Å²) in [7, 11) is 0. The first kappa shape index (κ1) is 14.4. The van der Waals surface area contributed by atoms with Gasteiger partial charge in [-0.15, -0.1) is 0 Å². The van der Waals surface area contributed by atoms with Crippen molar-refractivity contribution in [1.29, 1.82) is 0 Å². The Morgan fingerprint density at radius 3 is 2.12 bits per heavy atom. The van der Waals surface area contributed by atoms with Gasteiger partial charge in [0.25, 0.3) is 0 Å². The summed E-state index contributed by atoms with van der Waals surface area (Å²) in [5, 5.41) is 0. The molecule has 0 saturated carbocycles.